The molecule has 0 radical (unpaired) electrons. The van der Waals surface area contributed by atoms with Crippen LogP contribution < -0.4 is 21.9 Å². The van der Waals surface area contributed by atoms with E-state index in [0.717, 1.165) is 11.1 Å². The molecule has 2 aromatic carbocycles. The van der Waals surface area contributed by atoms with Gasteiger partial charge in [-0.1, -0.05) is 66.7 Å². The number of aromatic nitrogens is 3. The Labute approximate surface area is 183 Å². The van der Waals surface area contributed by atoms with Crippen LogP contribution in [0.1, 0.15) is 21.6 Å². The van der Waals surface area contributed by atoms with E-state index < -0.39 is 17.2 Å². The molecule has 0 unspecified atom stereocenters. The number of hydrogen-bond donors (Lipinski definition) is 2. The van der Waals surface area contributed by atoms with Crippen LogP contribution in [0.5, 0.6) is 0 Å². The smallest absolute Gasteiger partial charge is 0.330 e. The van der Waals surface area contributed by atoms with Gasteiger partial charge in [-0.15, -0.1) is 0 Å². The van der Waals surface area contributed by atoms with Crippen LogP contribution in [-0.2, 0) is 13.1 Å². The summed E-state index contributed by atoms with van der Waals surface area (Å²) in [5, 5.41) is 0. The van der Waals surface area contributed by atoms with Gasteiger partial charge in [-0.2, -0.15) is 0 Å². The molecule has 0 bridgehead atoms. The third kappa shape index (κ3) is 4.34. The fraction of sp³-hybridized carbons (Fsp3) is 0.0833. The lowest BCUT2D eigenvalue weighted by Crippen LogP contribution is -2.41. The monoisotopic (exact) mass is 427 g/mol. The lowest BCUT2D eigenvalue weighted by Gasteiger charge is -2.24. The van der Waals surface area contributed by atoms with E-state index in [1.165, 1.54) is 15.7 Å². The van der Waals surface area contributed by atoms with Crippen LogP contribution in [0, 0.1) is 0 Å². The molecule has 0 aliphatic rings. The zero-order valence-electron chi connectivity index (χ0n) is 17.1. The maximum absolute atomic E-state index is 13.4. The minimum atomic E-state index is -0.739. The van der Waals surface area contributed by atoms with Crippen LogP contribution in [0.3, 0.4) is 0 Å². The summed E-state index contributed by atoms with van der Waals surface area (Å²) in [6.45, 7) is 0.222. The number of nitrogen functional groups attached to an aromatic ring is 1. The molecule has 2 heterocycles. The molecule has 3 N–H and O–H groups in total. The largest absolute Gasteiger partial charge is 0.383 e. The number of carbonyl (C=O) groups is 1. The molecule has 2 aromatic heterocycles. The summed E-state index contributed by atoms with van der Waals surface area (Å²) < 4.78 is 1.25. The number of hydrogen-bond acceptors (Lipinski definition) is 5. The lowest BCUT2D eigenvalue weighted by molar-refractivity contribution is 0.0980. The van der Waals surface area contributed by atoms with E-state index in [1.54, 1.807) is 18.2 Å². The Morgan fingerprint density at radius 1 is 0.906 bits per heavy atom. The van der Waals surface area contributed by atoms with Gasteiger partial charge >= 0.3 is 5.69 Å². The van der Waals surface area contributed by atoms with Crippen molar-refractivity contribution < 1.29 is 4.79 Å². The molecule has 0 atom stereocenters. The van der Waals surface area contributed by atoms with Gasteiger partial charge in [0, 0.05) is 6.20 Å². The van der Waals surface area contributed by atoms with Gasteiger partial charge in [0.05, 0.1) is 13.1 Å². The number of carbonyl (C=O) groups excluding carboxylic acids is 1. The molecule has 32 heavy (non-hydrogen) atoms. The molecule has 1 amide bonds. The number of rotatable bonds is 6. The first-order valence-corrected chi connectivity index (χ1v) is 9.98. The number of H-pyrrole nitrogens is 1. The molecule has 0 saturated carbocycles. The average Bonchev–Trinajstić information content (AvgIpc) is 2.82. The number of amides is 1. The van der Waals surface area contributed by atoms with Gasteiger partial charge in [-0.3, -0.25) is 29.0 Å². The zero-order valence-corrected chi connectivity index (χ0v) is 17.1. The zero-order chi connectivity index (χ0) is 22.5. The van der Waals surface area contributed by atoms with E-state index in [2.05, 4.69) is 9.97 Å². The van der Waals surface area contributed by atoms with E-state index >= 15 is 0 Å². The highest BCUT2D eigenvalue weighted by atomic mass is 16.2. The molecule has 0 aliphatic carbocycles. The molecule has 8 nitrogen and oxygen atoms in total. The maximum Gasteiger partial charge on any atom is 0.330 e. The minimum Gasteiger partial charge on any atom is -0.383 e. The van der Waals surface area contributed by atoms with Gasteiger partial charge in [0.1, 0.15) is 11.5 Å². The van der Waals surface area contributed by atoms with Crippen molar-refractivity contribution in [1.82, 2.24) is 14.5 Å². The van der Waals surface area contributed by atoms with E-state index in [4.69, 9.17) is 5.73 Å². The van der Waals surface area contributed by atoms with Crippen LogP contribution >= 0.6 is 0 Å². The molecule has 0 spiro atoms. The highest BCUT2D eigenvalue weighted by molar-refractivity contribution is 6.05. The summed E-state index contributed by atoms with van der Waals surface area (Å²) in [5.41, 5.74) is 6.62. The summed E-state index contributed by atoms with van der Waals surface area (Å²) in [4.78, 5) is 46.5. The molecule has 0 aliphatic heterocycles. The third-order valence-corrected chi connectivity index (χ3v) is 4.98. The Kier molecular flexibility index (Phi) is 5.94. The number of anilines is 2. The van der Waals surface area contributed by atoms with Crippen molar-refractivity contribution in [1.29, 1.82) is 0 Å². The highest BCUT2D eigenvalue weighted by Crippen LogP contribution is 2.22. The van der Waals surface area contributed by atoms with Crippen LogP contribution in [0.2, 0.25) is 0 Å². The van der Waals surface area contributed by atoms with Gasteiger partial charge in [-0.05, 0) is 23.3 Å². The number of nitrogens with one attached hydrogen (secondary N) is 1. The second-order valence-corrected chi connectivity index (χ2v) is 7.16. The first-order valence-electron chi connectivity index (χ1n) is 9.98. The van der Waals surface area contributed by atoms with Crippen LogP contribution in [-0.4, -0.2) is 20.4 Å². The third-order valence-electron chi connectivity index (χ3n) is 4.98. The fourth-order valence-corrected chi connectivity index (χ4v) is 3.41. The standard InChI is InChI=1S/C24H21N5O3/c25-21-20(22(30)27-24(32)29(21)16-18-11-5-2-6-12-18)28(15-17-9-3-1-4-10-17)23(31)19-13-7-8-14-26-19/h1-14H,15-16,25H2,(H,27,30,32). The average molecular weight is 427 g/mol. The van der Waals surface area contributed by atoms with Crippen molar-refractivity contribution >= 4 is 17.4 Å². The Morgan fingerprint density at radius 3 is 2.16 bits per heavy atom. The van der Waals surface area contributed by atoms with Crippen molar-refractivity contribution in [2.24, 2.45) is 0 Å². The molecule has 0 fully saturated rings. The minimum absolute atomic E-state index is 0.0765. The Balaban J connectivity index is 1.84. The van der Waals surface area contributed by atoms with Crippen molar-refractivity contribution in [3.63, 3.8) is 0 Å². The SMILES string of the molecule is Nc1c(N(Cc2ccccc2)C(=O)c2ccccn2)c(=O)[nH]c(=O)n1Cc1ccccc1. The van der Waals surface area contributed by atoms with Gasteiger partial charge in [-0.25, -0.2) is 4.79 Å². The quantitative estimate of drug-likeness (QED) is 0.490. The molecule has 4 aromatic rings. The molecule has 0 saturated heterocycles. The van der Waals surface area contributed by atoms with E-state index in [9.17, 15) is 14.4 Å². The second-order valence-electron chi connectivity index (χ2n) is 7.16. The first kappa shape index (κ1) is 20.8. The van der Waals surface area contributed by atoms with Crippen LogP contribution in [0.15, 0.2) is 94.6 Å². The molecular formula is C24H21N5O3. The Morgan fingerprint density at radius 2 is 1.53 bits per heavy atom. The Bertz CT molecular complexity index is 1330. The van der Waals surface area contributed by atoms with Crippen molar-refractivity contribution in [2.75, 3.05) is 10.6 Å². The van der Waals surface area contributed by atoms with Crippen molar-refractivity contribution in [2.45, 2.75) is 13.1 Å². The highest BCUT2D eigenvalue weighted by Gasteiger charge is 2.26. The summed E-state index contributed by atoms with van der Waals surface area (Å²) >= 11 is 0. The summed E-state index contributed by atoms with van der Waals surface area (Å²) in [6, 6.07) is 23.4. The predicted molar refractivity (Wildman–Crippen MR) is 122 cm³/mol. The second kappa shape index (κ2) is 9.13. The maximum atomic E-state index is 13.4. The van der Waals surface area contributed by atoms with Crippen LogP contribution in [0.25, 0.3) is 0 Å². The number of aromatic amines is 1. The molecular weight excluding hydrogens is 406 g/mol. The van der Waals surface area contributed by atoms with Crippen molar-refractivity contribution in [3.05, 3.63) is 123 Å². The predicted octanol–water partition coefficient (Wildman–Crippen LogP) is 2.41. The topological polar surface area (TPSA) is 114 Å². The molecule has 8 heteroatoms. The van der Waals surface area contributed by atoms with Gasteiger partial charge in [0.2, 0.25) is 0 Å². The number of pyridine rings is 1. The molecule has 4 rings (SSSR count). The fourth-order valence-electron chi connectivity index (χ4n) is 3.41. The summed E-state index contributed by atoms with van der Waals surface area (Å²) in [7, 11) is 0. The van der Waals surface area contributed by atoms with E-state index in [0.29, 0.717) is 0 Å². The van der Waals surface area contributed by atoms with E-state index in [-0.39, 0.29) is 30.3 Å². The lowest BCUT2D eigenvalue weighted by atomic mass is 10.2. The number of benzene rings is 2. The number of nitrogens with two attached hydrogens (primary N) is 1. The Hall–Kier alpha value is -4.46. The van der Waals surface area contributed by atoms with E-state index in [1.807, 2.05) is 60.7 Å². The molecule has 160 valence electrons. The summed E-state index contributed by atoms with van der Waals surface area (Å²) in [5.74, 6) is -0.598. The van der Waals surface area contributed by atoms with Gasteiger partial charge in [0.25, 0.3) is 11.5 Å². The van der Waals surface area contributed by atoms with Gasteiger partial charge in [0.15, 0.2) is 5.69 Å². The first-order chi connectivity index (χ1) is 15.5. The van der Waals surface area contributed by atoms with Gasteiger partial charge < -0.3 is 5.73 Å². The van der Waals surface area contributed by atoms with Crippen LogP contribution in [0.4, 0.5) is 11.5 Å². The van der Waals surface area contributed by atoms with Crippen molar-refractivity contribution in [3.8, 4) is 0 Å². The summed E-state index contributed by atoms with van der Waals surface area (Å²) in [6.07, 6.45) is 1.50. The number of nitrogens with zero attached hydrogens (tertiary/aromatic N) is 3. The normalized spacial score (nSPS) is 10.6.